The summed E-state index contributed by atoms with van der Waals surface area (Å²) in [6.07, 6.45) is 4.65. The number of phenols is 1. The van der Waals surface area contributed by atoms with E-state index in [1.54, 1.807) is 18.4 Å². The summed E-state index contributed by atoms with van der Waals surface area (Å²) >= 11 is 0. The van der Waals surface area contributed by atoms with Crippen molar-refractivity contribution in [1.82, 2.24) is 5.32 Å². The summed E-state index contributed by atoms with van der Waals surface area (Å²) in [5, 5.41) is 14.9. The van der Waals surface area contributed by atoms with Gasteiger partial charge in [0.15, 0.2) is 0 Å². The van der Waals surface area contributed by atoms with E-state index in [2.05, 4.69) is 12.4 Å². The summed E-state index contributed by atoms with van der Waals surface area (Å²) in [4.78, 5) is 12.3. The summed E-state index contributed by atoms with van der Waals surface area (Å²) in [6, 6.07) is 11.0. The van der Waals surface area contributed by atoms with Gasteiger partial charge in [0.1, 0.15) is 31.4 Å². The van der Waals surface area contributed by atoms with Gasteiger partial charge in [0.05, 0.1) is 19.2 Å². The van der Waals surface area contributed by atoms with Crippen LogP contribution in [0.2, 0.25) is 0 Å². The molecule has 1 unspecified atom stereocenters. The van der Waals surface area contributed by atoms with E-state index in [1.807, 2.05) is 30.5 Å². The summed E-state index contributed by atoms with van der Waals surface area (Å²) in [6.45, 7) is 3.18. The molecule has 0 fully saturated rings. The molecule has 0 radical (unpaired) electrons. The molecule has 2 N–H and O–H groups in total. The standard InChI is InChI=1S/C19H22N2O3/c1-21(9-11-24-12-10-21)8-4-7-20-19(23)17-13-15-5-2-3-6-16(15)14-18(17)22/h2-3,5-6,9,11,13-14H,4,7-8,10,12H2,1H3,(H-,20,22,23)/p+1. The first-order valence-electron chi connectivity index (χ1n) is 8.21. The quantitative estimate of drug-likeness (QED) is 0.655. The van der Waals surface area contributed by atoms with E-state index in [0.29, 0.717) is 12.1 Å². The van der Waals surface area contributed by atoms with E-state index < -0.39 is 0 Å². The van der Waals surface area contributed by atoms with Crippen LogP contribution in [0, 0.1) is 0 Å². The Bertz CT molecular complexity index is 772. The molecular formula is C19H23N2O3+. The number of nitrogens with one attached hydrogen (secondary N) is 1. The molecule has 2 aromatic rings. The van der Waals surface area contributed by atoms with Crippen LogP contribution in [-0.2, 0) is 4.74 Å². The SMILES string of the molecule is C[N+]1(CCCNC(=O)c2cc3ccccc3cc2O)C=COCC1. The minimum atomic E-state index is -0.238. The van der Waals surface area contributed by atoms with E-state index in [0.717, 1.165) is 41.4 Å². The number of nitrogens with zero attached hydrogens (tertiary/aromatic N) is 1. The number of phenolic OH excluding ortho intramolecular Hbond substituents is 1. The van der Waals surface area contributed by atoms with Gasteiger partial charge in [-0.2, -0.15) is 0 Å². The number of quaternary nitrogens is 1. The van der Waals surface area contributed by atoms with Crippen molar-refractivity contribution >= 4 is 16.7 Å². The Balaban J connectivity index is 1.58. The van der Waals surface area contributed by atoms with Gasteiger partial charge >= 0.3 is 0 Å². The molecular weight excluding hydrogens is 304 g/mol. The van der Waals surface area contributed by atoms with Gasteiger partial charge in [-0.05, 0) is 22.9 Å². The number of amides is 1. The van der Waals surface area contributed by atoms with Crippen molar-refractivity contribution in [2.75, 3.05) is 33.3 Å². The van der Waals surface area contributed by atoms with Crippen LogP contribution in [0.4, 0.5) is 0 Å². The Labute approximate surface area is 141 Å². The van der Waals surface area contributed by atoms with Crippen LogP contribution in [0.5, 0.6) is 5.75 Å². The number of likely N-dealkylation sites (N-methyl/N-ethyl adjacent to an activating group) is 1. The van der Waals surface area contributed by atoms with Crippen LogP contribution in [0.15, 0.2) is 48.9 Å². The largest absolute Gasteiger partial charge is 0.507 e. The number of carbonyl (C=O) groups excluding carboxylic acids is 1. The average molecular weight is 327 g/mol. The van der Waals surface area contributed by atoms with E-state index in [9.17, 15) is 9.90 Å². The zero-order chi connectivity index (χ0) is 17.0. The smallest absolute Gasteiger partial charge is 0.255 e. The fourth-order valence-corrected chi connectivity index (χ4v) is 2.93. The normalized spacial score (nSPS) is 19.9. The highest BCUT2D eigenvalue weighted by atomic mass is 16.5. The first-order valence-corrected chi connectivity index (χ1v) is 8.21. The lowest BCUT2D eigenvalue weighted by Crippen LogP contribution is -2.44. The lowest BCUT2D eigenvalue weighted by Gasteiger charge is -2.32. The van der Waals surface area contributed by atoms with Crippen molar-refractivity contribution in [2.45, 2.75) is 6.42 Å². The fourth-order valence-electron chi connectivity index (χ4n) is 2.93. The fraction of sp³-hybridized carbons (Fsp3) is 0.316. The van der Waals surface area contributed by atoms with Crippen molar-refractivity contribution in [3.63, 3.8) is 0 Å². The van der Waals surface area contributed by atoms with E-state index >= 15 is 0 Å². The maximum Gasteiger partial charge on any atom is 0.255 e. The number of ether oxygens (including phenoxy) is 1. The highest BCUT2D eigenvalue weighted by Gasteiger charge is 2.21. The molecule has 5 nitrogen and oxygen atoms in total. The van der Waals surface area contributed by atoms with Gasteiger partial charge in [-0.3, -0.25) is 9.28 Å². The highest BCUT2D eigenvalue weighted by molar-refractivity contribution is 6.01. The summed E-state index contributed by atoms with van der Waals surface area (Å²) in [7, 11) is 2.15. The molecule has 1 aliphatic heterocycles. The summed E-state index contributed by atoms with van der Waals surface area (Å²) in [5.74, 6) is -0.222. The molecule has 0 saturated heterocycles. The van der Waals surface area contributed by atoms with Gasteiger partial charge in [0, 0.05) is 13.0 Å². The Morgan fingerprint density at radius 1 is 1.29 bits per heavy atom. The van der Waals surface area contributed by atoms with Gasteiger partial charge in [0.2, 0.25) is 0 Å². The second kappa shape index (κ2) is 6.93. The maximum atomic E-state index is 12.3. The summed E-state index contributed by atoms with van der Waals surface area (Å²) in [5.41, 5.74) is 0.320. The number of carbonyl (C=O) groups is 1. The molecule has 0 aliphatic carbocycles. The van der Waals surface area contributed by atoms with Crippen LogP contribution >= 0.6 is 0 Å². The predicted octanol–water partition coefficient (Wildman–Crippen LogP) is 2.61. The van der Waals surface area contributed by atoms with Crippen molar-refractivity contribution in [3.05, 3.63) is 54.4 Å². The van der Waals surface area contributed by atoms with Crippen LogP contribution in [-0.4, -0.2) is 48.8 Å². The summed E-state index contributed by atoms with van der Waals surface area (Å²) < 4.78 is 6.04. The van der Waals surface area contributed by atoms with Gasteiger partial charge < -0.3 is 15.2 Å². The Kier molecular flexibility index (Phi) is 4.71. The average Bonchev–Trinajstić information content (AvgIpc) is 2.58. The number of hydrogen-bond donors (Lipinski definition) is 2. The molecule has 0 saturated carbocycles. The van der Waals surface area contributed by atoms with Crippen molar-refractivity contribution in [1.29, 1.82) is 0 Å². The van der Waals surface area contributed by atoms with Gasteiger partial charge in [0.25, 0.3) is 5.91 Å². The van der Waals surface area contributed by atoms with Crippen molar-refractivity contribution < 1.29 is 19.1 Å². The van der Waals surface area contributed by atoms with Crippen molar-refractivity contribution in [3.8, 4) is 5.75 Å². The molecule has 0 aromatic heterocycles. The van der Waals surface area contributed by atoms with Crippen LogP contribution in [0.3, 0.4) is 0 Å². The third-order valence-corrected chi connectivity index (χ3v) is 4.48. The number of benzene rings is 2. The minimum Gasteiger partial charge on any atom is -0.507 e. The molecule has 5 heteroatoms. The molecule has 126 valence electrons. The second-order valence-electron chi connectivity index (χ2n) is 6.41. The number of hydrogen-bond acceptors (Lipinski definition) is 3. The molecule has 0 spiro atoms. The zero-order valence-electron chi connectivity index (χ0n) is 13.9. The van der Waals surface area contributed by atoms with E-state index in [-0.39, 0.29) is 11.7 Å². The van der Waals surface area contributed by atoms with Crippen molar-refractivity contribution in [2.24, 2.45) is 0 Å². The Hall–Kier alpha value is -2.53. The molecule has 1 amide bonds. The molecule has 1 atom stereocenters. The van der Waals surface area contributed by atoms with Crippen LogP contribution in [0.1, 0.15) is 16.8 Å². The zero-order valence-corrected chi connectivity index (χ0v) is 13.9. The molecule has 1 aliphatic rings. The Morgan fingerprint density at radius 2 is 2.04 bits per heavy atom. The third-order valence-electron chi connectivity index (χ3n) is 4.48. The molecule has 24 heavy (non-hydrogen) atoms. The third kappa shape index (κ3) is 3.68. The van der Waals surface area contributed by atoms with Crippen LogP contribution in [0.25, 0.3) is 10.8 Å². The topological polar surface area (TPSA) is 58.6 Å². The van der Waals surface area contributed by atoms with E-state index in [4.69, 9.17) is 4.74 Å². The van der Waals surface area contributed by atoms with Crippen LogP contribution < -0.4 is 5.32 Å². The Morgan fingerprint density at radius 3 is 2.75 bits per heavy atom. The lowest BCUT2D eigenvalue weighted by atomic mass is 10.1. The van der Waals surface area contributed by atoms with E-state index in [1.165, 1.54) is 0 Å². The first kappa shape index (κ1) is 16.3. The van der Waals surface area contributed by atoms with Gasteiger partial charge in [-0.15, -0.1) is 0 Å². The number of aromatic hydroxyl groups is 1. The minimum absolute atomic E-state index is 0.0151. The lowest BCUT2D eigenvalue weighted by molar-refractivity contribution is -0.863. The predicted molar refractivity (Wildman–Crippen MR) is 93.6 cm³/mol. The molecule has 1 heterocycles. The van der Waals surface area contributed by atoms with Gasteiger partial charge in [-0.1, -0.05) is 24.3 Å². The second-order valence-corrected chi connectivity index (χ2v) is 6.41. The molecule has 0 bridgehead atoms. The monoisotopic (exact) mass is 327 g/mol. The maximum absolute atomic E-state index is 12.3. The molecule has 3 rings (SSSR count). The number of rotatable bonds is 5. The molecule has 2 aromatic carbocycles. The highest BCUT2D eigenvalue weighted by Crippen LogP contribution is 2.24. The van der Waals surface area contributed by atoms with Gasteiger partial charge in [-0.25, -0.2) is 0 Å². The first-order chi connectivity index (χ1) is 11.6. The number of fused-ring (bicyclic) bond motifs is 1.